The van der Waals surface area contributed by atoms with Gasteiger partial charge in [-0.2, -0.15) is 0 Å². The molecule has 3 rings (SSSR count). The fourth-order valence-electron chi connectivity index (χ4n) is 2.74. The molecule has 1 aliphatic rings. The minimum absolute atomic E-state index is 0.150. The van der Waals surface area contributed by atoms with Crippen LogP contribution in [-0.2, 0) is 6.54 Å². The van der Waals surface area contributed by atoms with Crippen molar-refractivity contribution in [1.29, 1.82) is 0 Å². The van der Waals surface area contributed by atoms with Crippen LogP contribution >= 0.6 is 22.9 Å². The highest BCUT2D eigenvalue weighted by atomic mass is 35.5. The number of hydrogen-bond donors (Lipinski definition) is 0. The predicted molar refractivity (Wildman–Crippen MR) is 78.1 cm³/mol. The van der Waals surface area contributed by atoms with Crippen LogP contribution < -0.4 is 0 Å². The van der Waals surface area contributed by atoms with E-state index in [2.05, 4.69) is 11.0 Å². The highest BCUT2D eigenvalue weighted by Gasteiger charge is 2.26. The number of likely N-dealkylation sites (tertiary alicyclic amines) is 1. The van der Waals surface area contributed by atoms with Gasteiger partial charge in [-0.15, -0.1) is 11.3 Å². The van der Waals surface area contributed by atoms with Gasteiger partial charge in [-0.25, -0.2) is 4.39 Å². The molecule has 0 saturated carbocycles. The van der Waals surface area contributed by atoms with Crippen LogP contribution in [0.15, 0.2) is 36.4 Å². The van der Waals surface area contributed by atoms with Crippen molar-refractivity contribution in [3.8, 4) is 0 Å². The molecule has 2 heterocycles. The molecule has 0 aliphatic carbocycles. The summed E-state index contributed by atoms with van der Waals surface area (Å²) in [5, 5.41) is 0. The van der Waals surface area contributed by atoms with Crippen molar-refractivity contribution >= 4 is 22.9 Å². The van der Waals surface area contributed by atoms with Crippen molar-refractivity contribution in [2.75, 3.05) is 6.54 Å². The average molecular weight is 296 g/mol. The van der Waals surface area contributed by atoms with Crippen LogP contribution in [0.5, 0.6) is 0 Å². The molecule has 1 fully saturated rings. The van der Waals surface area contributed by atoms with Gasteiger partial charge in [-0.1, -0.05) is 23.7 Å². The third-order valence-corrected chi connectivity index (χ3v) is 4.80. The predicted octanol–water partition coefficient (Wildman–Crippen LogP) is 4.88. The van der Waals surface area contributed by atoms with Crippen LogP contribution in [0.25, 0.3) is 0 Å². The monoisotopic (exact) mass is 295 g/mol. The molecule has 4 heteroatoms. The van der Waals surface area contributed by atoms with Gasteiger partial charge in [0.2, 0.25) is 0 Å². The fourth-order valence-corrected chi connectivity index (χ4v) is 3.86. The van der Waals surface area contributed by atoms with E-state index in [9.17, 15) is 4.39 Å². The van der Waals surface area contributed by atoms with Gasteiger partial charge in [0.25, 0.3) is 0 Å². The Morgan fingerprint density at radius 3 is 2.95 bits per heavy atom. The van der Waals surface area contributed by atoms with Gasteiger partial charge >= 0.3 is 0 Å². The van der Waals surface area contributed by atoms with Crippen LogP contribution in [-0.4, -0.2) is 11.4 Å². The summed E-state index contributed by atoms with van der Waals surface area (Å²) in [5.41, 5.74) is 1.08. The minimum atomic E-state index is -0.150. The maximum Gasteiger partial charge on any atom is 0.123 e. The molecule has 1 aromatic carbocycles. The van der Waals surface area contributed by atoms with E-state index in [1.807, 2.05) is 12.1 Å². The molecule has 1 atom stereocenters. The van der Waals surface area contributed by atoms with E-state index in [1.54, 1.807) is 23.5 Å². The zero-order valence-corrected chi connectivity index (χ0v) is 12.1. The Balaban J connectivity index is 1.78. The van der Waals surface area contributed by atoms with E-state index in [0.717, 1.165) is 29.4 Å². The van der Waals surface area contributed by atoms with Crippen molar-refractivity contribution in [3.63, 3.8) is 0 Å². The Hall–Kier alpha value is -0.900. The molecule has 0 bridgehead atoms. The third-order valence-electron chi connectivity index (χ3n) is 3.58. The lowest BCUT2D eigenvalue weighted by Gasteiger charge is -2.24. The van der Waals surface area contributed by atoms with E-state index in [-0.39, 0.29) is 5.82 Å². The summed E-state index contributed by atoms with van der Waals surface area (Å²) < 4.78 is 14.2. The highest BCUT2D eigenvalue weighted by Crippen LogP contribution is 2.34. The van der Waals surface area contributed by atoms with Gasteiger partial charge in [0, 0.05) is 17.5 Å². The second-order valence-electron chi connectivity index (χ2n) is 4.89. The molecule has 1 saturated heterocycles. The quantitative estimate of drug-likeness (QED) is 0.780. The largest absolute Gasteiger partial charge is 0.291 e. The molecule has 0 N–H and O–H groups in total. The van der Waals surface area contributed by atoms with Crippen LogP contribution in [0, 0.1) is 5.82 Å². The summed E-state index contributed by atoms with van der Waals surface area (Å²) in [6.45, 7) is 1.97. The first-order valence-electron chi connectivity index (χ1n) is 6.46. The summed E-state index contributed by atoms with van der Waals surface area (Å²) >= 11 is 7.60. The number of rotatable bonds is 3. The molecule has 1 unspecified atom stereocenters. The molecule has 19 heavy (non-hydrogen) atoms. The Labute approximate surface area is 121 Å². The normalized spacial score (nSPS) is 20.0. The number of halogens is 2. The maximum atomic E-state index is 13.3. The summed E-state index contributed by atoms with van der Waals surface area (Å²) in [6.07, 6.45) is 2.27. The van der Waals surface area contributed by atoms with Crippen LogP contribution in [0.2, 0.25) is 4.34 Å². The maximum absolute atomic E-state index is 13.3. The zero-order chi connectivity index (χ0) is 13.2. The summed E-state index contributed by atoms with van der Waals surface area (Å²) in [6, 6.07) is 11.3. The fraction of sp³-hybridized carbons (Fsp3) is 0.333. The minimum Gasteiger partial charge on any atom is -0.291 e. The molecule has 1 nitrogen and oxygen atoms in total. The van der Waals surface area contributed by atoms with Crippen molar-refractivity contribution in [3.05, 3.63) is 57.0 Å². The van der Waals surface area contributed by atoms with Crippen LogP contribution in [0.1, 0.15) is 29.3 Å². The van der Waals surface area contributed by atoms with E-state index in [0.29, 0.717) is 6.04 Å². The Kier molecular flexibility index (Phi) is 3.87. The van der Waals surface area contributed by atoms with Gasteiger partial charge in [-0.3, -0.25) is 4.90 Å². The number of thiophene rings is 1. The average Bonchev–Trinajstić information content (AvgIpc) is 2.99. The van der Waals surface area contributed by atoms with Crippen molar-refractivity contribution in [1.82, 2.24) is 4.90 Å². The summed E-state index contributed by atoms with van der Waals surface area (Å²) in [4.78, 5) is 3.69. The lowest BCUT2D eigenvalue weighted by atomic mass is 10.0. The third kappa shape index (κ3) is 2.99. The number of hydrogen-bond acceptors (Lipinski definition) is 2. The second kappa shape index (κ2) is 5.61. The summed E-state index contributed by atoms with van der Waals surface area (Å²) in [5.74, 6) is -0.150. The van der Waals surface area contributed by atoms with Gasteiger partial charge in [0.15, 0.2) is 0 Å². The van der Waals surface area contributed by atoms with Gasteiger partial charge in [-0.05, 0) is 49.2 Å². The van der Waals surface area contributed by atoms with Crippen LogP contribution in [0.3, 0.4) is 0 Å². The first-order chi connectivity index (χ1) is 9.22. The van der Waals surface area contributed by atoms with Crippen molar-refractivity contribution in [2.24, 2.45) is 0 Å². The van der Waals surface area contributed by atoms with Crippen molar-refractivity contribution < 1.29 is 4.39 Å². The van der Waals surface area contributed by atoms with Gasteiger partial charge in [0.05, 0.1) is 4.34 Å². The topological polar surface area (TPSA) is 3.24 Å². The first kappa shape index (κ1) is 13.1. The van der Waals surface area contributed by atoms with Crippen LogP contribution in [0.4, 0.5) is 4.39 Å². The second-order valence-corrected chi connectivity index (χ2v) is 6.69. The lowest BCUT2D eigenvalue weighted by molar-refractivity contribution is 0.250. The smallest absolute Gasteiger partial charge is 0.123 e. The van der Waals surface area contributed by atoms with E-state index >= 15 is 0 Å². The Morgan fingerprint density at radius 2 is 2.21 bits per heavy atom. The van der Waals surface area contributed by atoms with E-state index in [1.165, 1.54) is 17.4 Å². The molecular formula is C15H15ClFNS. The lowest BCUT2D eigenvalue weighted by Crippen LogP contribution is -2.22. The van der Waals surface area contributed by atoms with Crippen molar-refractivity contribution in [2.45, 2.75) is 25.4 Å². The zero-order valence-electron chi connectivity index (χ0n) is 10.5. The molecule has 100 valence electrons. The molecular weight excluding hydrogens is 281 g/mol. The molecule has 0 spiro atoms. The van der Waals surface area contributed by atoms with E-state index in [4.69, 9.17) is 11.6 Å². The molecule has 1 aliphatic heterocycles. The van der Waals surface area contributed by atoms with Gasteiger partial charge in [0.1, 0.15) is 5.82 Å². The highest BCUT2D eigenvalue weighted by molar-refractivity contribution is 7.16. The van der Waals surface area contributed by atoms with E-state index < -0.39 is 0 Å². The molecule has 0 radical (unpaired) electrons. The SMILES string of the molecule is Fc1cccc(C2CCCN2Cc2ccc(Cl)s2)c1. The Bertz CT molecular complexity index is 569. The number of benzene rings is 1. The standard InChI is InChI=1S/C15H15ClFNS/c16-15-7-6-13(19-15)10-18-8-2-5-14(18)11-3-1-4-12(17)9-11/h1,3-4,6-7,9,14H,2,5,8,10H2. The summed E-state index contributed by atoms with van der Waals surface area (Å²) in [7, 11) is 0. The Morgan fingerprint density at radius 1 is 1.32 bits per heavy atom. The molecule has 1 aromatic heterocycles. The molecule has 0 amide bonds. The molecule has 2 aromatic rings. The first-order valence-corrected chi connectivity index (χ1v) is 7.65. The number of nitrogens with zero attached hydrogens (tertiary/aromatic N) is 1. The van der Waals surface area contributed by atoms with Gasteiger partial charge < -0.3 is 0 Å².